The number of nitrogens with zero attached hydrogens (tertiary/aromatic N) is 2. The lowest BCUT2D eigenvalue weighted by Gasteiger charge is -2.25. The van der Waals surface area contributed by atoms with Crippen LogP contribution in [0.3, 0.4) is 0 Å². The minimum Gasteiger partial charge on any atom is -0.299 e. The summed E-state index contributed by atoms with van der Waals surface area (Å²) in [5.41, 5.74) is 1.16. The summed E-state index contributed by atoms with van der Waals surface area (Å²) in [6.45, 7) is 2.29. The van der Waals surface area contributed by atoms with Gasteiger partial charge in [0.05, 0.1) is 0 Å². The molecule has 0 radical (unpaired) electrons. The summed E-state index contributed by atoms with van der Waals surface area (Å²) in [7, 11) is 1.93. The van der Waals surface area contributed by atoms with Crippen molar-refractivity contribution >= 4 is 5.78 Å². The molecule has 0 atom stereocenters. The number of hydrogen-bond donors (Lipinski definition) is 0. The van der Waals surface area contributed by atoms with Crippen LogP contribution in [-0.2, 0) is 18.3 Å². The number of Topliss-reactive ketones (excluding diaryl/α,β-unsaturated/α-hetero) is 1. The van der Waals surface area contributed by atoms with Crippen molar-refractivity contribution in [3.63, 3.8) is 0 Å². The molecule has 0 spiro atoms. The van der Waals surface area contributed by atoms with E-state index in [9.17, 15) is 4.79 Å². The summed E-state index contributed by atoms with van der Waals surface area (Å²) < 4.78 is 1.86. The first-order valence-electron chi connectivity index (χ1n) is 6.66. The Morgan fingerprint density at radius 3 is 2.71 bits per heavy atom. The van der Waals surface area contributed by atoms with Gasteiger partial charge in [-0.3, -0.25) is 9.48 Å². The maximum Gasteiger partial charge on any atom is 0.136 e. The monoisotopic (exact) mass is 234 g/mol. The Hall–Kier alpha value is -1.12. The number of ketones is 1. The molecule has 17 heavy (non-hydrogen) atoms. The highest BCUT2D eigenvalue weighted by atomic mass is 16.1. The van der Waals surface area contributed by atoms with E-state index in [0.717, 1.165) is 30.9 Å². The third-order valence-corrected chi connectivity index (χ3v) is 4.02. The largest absolute Gasteiger partial charge is 0.299 e. The van der Waals surface area contributed by atoms with Gasteiger partial charge in [-0.2, -0.15) is 5.10 Å². The van der Waals surface area contributed by atoms with Crippen LogP contribution < -0.4 is 0 Å². The summed E-state index contributed by atoms with van der Waals surface area (Å²) >= 11 is 0. The molecule has 3 nitrogen and oxygen atoms in total. The molecule has 0 N–H and O–H groups in total. The molecule has 0 unspecified atom stereocenters. The molecule has 1 saturated carbocycles. The van der Waals surface area contributed by atoms with E-state index < -0.39 is 0 Å². The molecule has 0 saturated heterocycles. The molecular formula is C14H22N2O. The van der Waals surface area contributed by atoms with Gasteiger partial charge in [0.2, 0.25) is 0 Å². The average Bonchev–Trinajstić information content (AvgIpc) is 2.73. The van der Waals surface area contributed by atoms with Crippen LogP contribution in [0.2, 0.25) is 0 Å². The molecule has 0 bridgehead atoms. The molecule has 3 heteroatoms. The molecule has 1 aliphatic rings. The Kier molecular flexibility index (Phi) is 3.97. The van der Waals surface area contributed by atoms with Gasteiger partial charge in [0, 0.05) is 31.3 Å². The second-order valence-corrected chi connectivity index (χ2v) is 5.37. The van der Waals surface area contributed by atoms with Gasteiger partial charge in [-0.1, -0.05) is 19.8 Å². The van der Waals surface area contributed by atoms with Crippen molar-refractivity contribution in [2.75, 3.05) is 0 Å². The molecule has 94 valence electrons. The van der Waals surface area contributed by atoms with E-state index in [4.69, 9.17) is 0 Å². The van der Waals surface area contributed by atoms with E-state index in [0.29, 0.717) is 18.1 Å². The van der Waals surface area contributed by atoms with Gasteiger partial charge in [0.15, 0.2) is 0 Å². The number of carbonyl (C=O) groups excluding carboxylic acids is 1. The summed E-state index contributed by atoms with van der Waals surface area (Å²) in [5, 5.41) is 4.12. The lowest BCUT2D eigenvalue weighted by atomic mass is 9.80. The standard InChI is InChI=1S/C14H22N2O/c1-11-3-5-12(6-4-11)14(17)8-7-13-9-10-15-16(13)2/h9-12H,3-8H2,1-2H3. The van der Waals surface area contributed by atoms with E-state index in [2.05, 4.69) is 12.0 Å². The Labute approximate surface area is 103 Å². The quantitative estimate of drug-likeness (QED) is 0.803. The Balaban J connectivity index is 1.80. The van der Waals surface area contributed by atoms with Crippen molar-refractivity contribution in [2.45, 2.75) is 45.4 Å². The maximum absolute atomic E-state index is 12.1. The first-order valence-corrected chi connectivity index (χ1v) is 6.66. The van der Waals surface area contributed by atoms with Crippen molar-refractivity contribution < 1.29 is 4.79 Å². The second kappa shape index (κ2) is 5.48. The molecule has 1 fully saturated rings. The van der Waals surface area contributed by atoms with Crippen molar-refractivity contribution in [3.8, 4) is 0 Å². The van der Waals surface area contributed by atoms with E-state index >= 15 is 0 Å². The zero-order valence-corrected chi connectivity index (χ0v) is 10.9. The molecule has 0 aliphatic heterocycles. The Morgan fingerprint density at radius 2 is 2.12 bits per heavy atom. The first-order chi connectivity index (χ1) is 8.16. The topological polar surface area (TPSA) is 34.9 Å². The molecule has 1 aromatic rings. The van der Waals surface area contributed by atoms with E-state index in [1.807, 2.05) is 17.8 Å². The predicted octanol–water partition coefficient (Wildman–Crippen LogP) is 2.75. The van der Waals surface area contributed by atoms with Crippen molar-refractivity contribution in [2.24, 2.45) is 18.9 Å². The summed E-state index contributed by atoms with van der Waals surface area (Å²) in [4.78, 5) is 12.1. The number of carbonyl (C=O) groups is 1. The minimum absolute atomic E-state index is 0.333. The van der Waals surface area contributed by atoms with Crippen LogP contribution in [0.15, 0.2) is 12.3 Å². The van der Waals surface area contributed by atoms with Gasteiger partial charge in [-0.25, -0.2) is 0 Å². The van der Waals surface area contributed by atoms with Crippen LogP contribution in [0.5, 0.6) is 0 Å². The molecule has 1 heterocycles. The SMILES string of the molecule is CC1CCC(C(=O)CCc2ccnn2C)CC1. The van der Waals surface area contributed by atoms with Crippen LogP contribution in [0.1, 0.15) is 44.7 Å². The van der Waals surface area contributed by atoms with Gasteiger partial charge in [-0.05, 0) is 31.2 Å². The molecule has 1 aliphatic carbocycles. The van der Waals surface area contributed by atoms with Crippen molar-refractivity contribution in [1.82, 2.24) is 9.78 Å². The number of aryl methyl sites for hydroxylation is 2. The Bertz CT molecular complexity index is 375. The van der Waals surface area contributed by atoms with E-state index in [1.165, 1.54) is 12.8 Å². The fourth-order valence-electron chi connectivity index (χ4n) is 2.68. The maximum atomic E-state index is 12.1. The van der Waals surface area contributed by atoms with Crippen molar-refractivity contribution in [3.05, 3.63) is 18.0 Å². The highest BCUT2D eigenvalue weighted by Gasteiger charge is 2.23. The average molecular weight is 234 g/mol. The van der Waals surface area contributed by atoms with Gasteiger partial charge in [-0.15, -0.1) is 0 Å². The van der Waals surface area contributed by atoms with Crippen LogP contribution >= 0.6 is 0 Å². The normalized spacial score (nSPS) is 24.8. The van der Waals surface area contributed by atoms with Gasteiger partial charge in [0.25, 0.3) is 0 Å². The third-order valence-electron chi connectivity index (χ3n) is 4.02. The van der Waals surface area contributed by atoms with Crippen LogP contribution in [0, 0.1) is 11.8 Å². The Morgan fingerprint density at radius 1 is 1.41 bits per heavy atom. The predicted molar refractivity (Wildman–Crippen MR) is 67.7 cm³/mol. The second-order valence-electron chi connectivity index (χ2n) is 5.37. The van der Waals surface area contributed by atoms with Crippen LogP contribution in [0.25, 0.3) is 0 Å². The lowest BCUT2D eigenvalue weighted by Crippen LogP contribution is -2.21. The molecule has 0 amide bonds. The van der Waals surface area contributed by atoms with Crippen LogP contribution in [-0.4, -0.2) is 15.6 Å². The minimum atomic E-state index is 0.333. The molecular weight excluding hydrogens is 212 g/mol. The summed E-state index contributed by atoms with van der Waals surface area (Å²) in [5.74, 6) is 1.61. The highest BCUT2D eigenvalue weighted by molar-refractivity contribution is 5.81. The fourth-order valence-corrected chi connectivity index (χ4v) is 2.68. The smallest absolute Gasteiger partial charge is 0.136 e. The van der Waals surface area contributed by atoms with Crippen LogP contribution in [0.4, 0.5) is 0 Å². The summed E-state index contributed by atoms with van der Waals surface area (Å²) in [6, 6.07) is 2.00. The first kappa shape index (κ1) is 12.3. The highest BCUT2D eigenvalue weighted by Crippen LogP contribution is 2.29. The lowest BCUT2D eigenvalue weighted by molar-refractivity contribution is -0.124. The van der Waals surface area contributed by atoms with E-state index in [1.54, 1.807) is 6.20 Å². The van der Waals surface area contributed by atoms with Gasteiger partial charge in [0.1, 0.15) is 5.78 Å². The number of hydrogen-bond acceptors (Lipinski definition) is 2. The fraction of sp³-hybridized carbons (Fsp3) is 0.714. The zero-order valence-electron chi connectivity index (χ0n) is 10.9. The van der Waals surface area contributed by atoms with Gasteiger partial charge < -0.3 is 0 Å². The number of aromatic nitrogens is 2. The third kappa shape index (κ3) is 3.18. The van der Waals surface area contributed by atoms with Crippen molar-refractivity contribution in [1.29, 1.82) is 0 Å². The van der Waals surface area contributed by atoms with E-state index in [-0.39, 0.29) is 0 Å². The zero-order chi connectivity index (χ0) is 12.3. The number of rotatable bonds is 4. The molecule has 2 rings (SSSR count). The van der Waals surface area contributed by atoms with Gasteiger partial charge >= 0.3 is 0 Å². The molecule has 1 aromatic heterocycles. The summed E-state index contributed by atoms with van der Waals surface area (Å²) in [6.07, 6.45) is 7.96. The molecule has 0 aromatic carbocycles.